The van der Waals surface area contributed by atoms with Gasteiger partial charge >= 0.3 is 6.18 Å². The van der Waals surface area contributed by atoms with E-state index in [0.717, 1.165) is 44.5 Å². The highest BCUT2D eigenvalue weighted by atomic mass is 19.4. The van der Waals surface area contributed by atoms with E-state index in [0.29, 0.717) is 29.9 Å². The molecule has 6 nitrogen and oxygen atoms in total. The normalized spacial score (nSPS) is 18.2. The molecular weight excluding hydrogens is 383 g/mol. The summed E-state index contributed by atoms with van der Waals surface area (Å²) in [6.45, 7) is 2.41. The van der Waals surface area contributed by atoms with Crippen molar-refractivity contribution in [2.45, 2.75) is 51.0 Å². The van der Waals surface area contributed by atoms with Crippen molar-refractivity contribution in [3.05, 3.63) is 54.4 Å². The summed E-state index contributed by atoms with van der Waals surface area (Å²) in [5.74, 6) is 0.787. The van der Waals surface area contributed by atoms with E-state index < -0.39 is 11.7 Å². The van der Waals surface area contributed by atoms with Crippen molar-refractivity contribution < 1.29 is 17.7 Å². The number of rotatable bonds is 6. The fraction of sp³-hybridized carbons (Fsp3) is 0.450. The minimum Gasteiger partial charge on any atom is -0.338 e. The average molecular weight is 405 g/mol. The van der Waals surface area contributed by atoms with Gasteiger partial charge in [0.25, 0.3) is 0 Å². The second-order valence-electron chi connectivity index (χ2n) is 7.30. The van der Waals surface area contributed by atoms with Crippen molar-refractivity contribution in [3.63, 3.8) is 0 Å². The maximum atomic E-state index is 12.7. The molecule has 0 amide bonds. The molecule has 0 radical (unpaired) electrons. The Labute approximate surface area is 166 Å². The highest BCUT2D eigenvalue weighted by Crippen LogP contribution is 2.30. The van der Waals surface area contributed by atoms with Crippen LogP contribution in [0.4, 0.5) is 13.2 Å². The summed E-state index contributed by atoms with van der Waals surface area (Å²) >= 11 is 0. The Bertz CT molecular complexity index is 905. The van der Waals surface area contributed by atoms with Gasteiger partial charge in [0.05, 0.1) is 18.4 Å². The predicted molar refractivity (Wildman–Crippen MR) is 99.6 cm³/mol. The standard InChI is InChI=1S/C20H22F3N5O/c21-20(22,23)16-6-4-15(5-7-16)19-25-18(29-26-19)13-28-10-2-1-3-17(28)8-11-27-12-9-24-14-27/h4-7,9,12,14,17H,1-3,8,10-11,13H2/t17-/m1/s1. The summed E-state index contributed by atoms with van der Waals surface area (Å²) in [6, 6.07) is 5.22. The fourth-order valence-electron chi connectivity index (χ4n) is 3.73. The first-order chi connectivity index (χ1) is 14.0. The number of hydrogen-bond donors (Lipinski definition) is 0. The minimum absolute atomic E-state index is 0.306. The highest BCUT2D eigenvalue weighted by molar-refractivity contribution is 5.54. The molecule has 1 aliphatic heterocycles. The maximum Gasteiger partial charge on any atom is 0.416 e. The van der Waals surface area contributed by atoms with Crippen LogP contribution in [0.1, 0.15) is 37.1 Å². The number of likely N-dealkylation sites (tertiary alicyclic amines) is 1. The minimum atomic E-state index is -4.36. The smallest absolute Gasteiger partial charge is 0.338 e. The average Bonchev–Trinajstić information content (AvgIpc) is 3.39. The molecule has 2 aromatic heterocycles. The van der Waals surface area contributed by atoms with E-state index in [1.54, 1.807) is 6.20 Å². The second-order valence-corrected chi connectivity index (χ2v) is 7.30. The van der Waals surface area contributed by atoms with Crippen LogP contribution in [-0.2, 0) is 19.3 Å². The van der Waals surface area contributed by atoms with Crippen LogP contribution in [-0.4, -0.2) is 37.2 Å². The third-order valence-corrected chi connectivity index (χ3v) is 5.31. The fourth-order valence-corrected chi connectivity index (χ4v) is 3.73. The summed E-state index contributed by atoms with van der Waals surface area (Å²) in [5, 5.41) is 3.95. The van der Waals surface area contributed by atoms with Gasteiger partial charge in [0.1, 0.15) is 0 Å². The molecule has 0 aliphatic carbocycles. The van der Waals surface area contributed by atoms with Crippen LogP contribution in [0.15, 0.2) is 47.5 Å². The number of piperidine rings is 1. The Morgan fingerprint density at radius 1 is 1.14 bits per heavy atom. The van der Waals surface area contributed by atoms with Crippen LogP contribution >= 0.6 is 0 Å². The molecule has 3 aromatic rings. The highest BCUT2D eigenvalue weighted by Gasteiger charge is 2.30. The molecule has 3 heterocycles. The van der Waals surface area contributed by atoms with Crippen LogP contribution in [0, 0.1) is 0 Å². The summed E-state index contributed by atoms with van der Waals surface area (Å²) < 4.78 is 45.6. The third-order valence-electron chi connectivity index (χ3n) is 5.31. The zero-order chi connectivity index (χ0) is 20.3. The van der Waals surface area contributed by atoms with Gasteiger partial charge in [0.15, 0.2) is 0 Å². The zero-order valence-corrected chi connectivity index (χ0v) is 15.8. The Balaban J connectivity index is 1.40. The molecule has 9 heteroatoms. The molecule has 0 bridgehead atoms. The molecule has 4 rings (SSSR count). The van der Waals surface area contributed by atoms with Crippen molar-refractivity contribution >= 4 is 0 Å². The maximum absolute atomic E-state index is 12.7. The molecule has 1 aromatic carbocycles. The van der Waals surface area contributed by atoms with E-state index >= 15 is 0 Å². The molecule has 0 unspecified atom stereocenters. The first kappa shape index (κ1) is 19.6. The molecule has 0 saturated carbocycles. The van der Waals surface area contributed by atoms with E-state index in [-0.39, 0.29) is 0 Å². The molecule has 154 valence electrons. The second kappa shape index (κ2) is 8.36. The lowest BCUT2D eigenvalue weighted by Gasteiger charge is -2.34. The quantitative estimate of drug-likeness (QED) is 0.609. The van der Waals surface area contributed by atoms with Gasteiger partial charge < -0.3 is 9.09 Å². The Kier molecular flexibility index (Phi) is 5.66. The predicted octanol–water partition coefficient (Wildman–Crippen LogP) is 4.40. The topological polar surface area (TPSA) is 60.0 Å². The van der Waals surface area contributed by atoms with E-state index in [2.05, 4.69) is 24.6 Å². The van der Waals surface area contributed by atoms with Gasteiger partial charge in [-0.2, -0.15) is 18.2 Å². The molecule has 0 N–H and O–H groups in total. The number of nitrogens with zero attached hydrogens (tertiary/aromatic N) is 5. The third kappa shape index (κ3) is 4.84. The molecular formula is C20H22F3N5O. The number of aryl methyl sites for hydroxylation is 1. The van der Waals surface area contributed by atoms with Crippen molar-refractivity contribution in [2.75, 3.05) is 6.54 Å². The number of alkyl halides is 3. The van der Waals surface area contributed by atoms with Crippen LogP contribution in [0.25, 0.3) is 11.4 Å². The van der Waals surface area contributed by atoms with Crippen molar-refractivity contribution in [1.82, 2.24) is 24.6 Å². The number of halogens is 3. The Hall–Kier alpha value is -2.68. The molecule has 0 spiro atoms. The van der Waals surface area contributed by atoms with Gasteiger partial charge in [-0.1, -0.05) is 23.7 Å². The summed E-state index contributed by atoms with van der Waals surface area (Å²) in [5.41, 5.74) is -0.192. The lowest BCUT2D eigenvalue weighted by molar-refractivity contribution is -0.137. The van der Waals surface area contributed by atoms with E-state index in [1.807, 2.05) is 12.5 Å². The van der Waals surface area contributed by atoms with Crippen LogP contribution in [0.3, 0.4) is 0 Å². The van der Waals surface area contributed by atoms with Gasteiger partial charge in [0, 0.05) is 30.5 Å². The van der Waals surface area contributed by atoms with E-state index in [1.165, 1.54) is 18.6 Å². The van der Waals surface area contributed by atoms with Crippen LogP contribution < -0.4 is 0 Å². The number of aromatic nitrogens is 4. The van der Waals surface area contributed by atoms with Gasteiger partial charge in [0.2, 0.25) is 11.7 Å². The molecule has 1 saturated heterocycles. The largest absolute Gasteiger partial charge is 0.416 e. The SMILES string of the molecule is FC(F)(F)c1ccc(-c2noc(CN3CCCC[C@@H]3CCn3ccnc3)n2)cc1. The van der Waals surface area contributed by atoms with Gasteiger partial charge in [-0.05, 0) is 37.9 Å². The lowest BCUT2D eigenvalue weighted by atomic mass is 9.99. The first-order valence-corrected chi connectivity index (χ1v) is 9.69. The summed E-state index contributed by atoms with van der Waals surface area (Å²) in [4.78, 5) is 10.8. The molecule has 1 fully saturated rings. The van der Waals surface area contributed by atoms with Gasteiger partial charge in [-0.3, -0.25) is 4.90 Å². The molecule has 1 atom stereocenters. The Morgan fingerprint density at radius 2 is 1.97 bits per heavy atom. The van der Waals surface area contributed by atoms with E-state index in [4.69, 9.17) is 4.52 Å². The van der Waals surface area contributed by atoms with Crippen molar-refractivity contribution in [1.29, 1.82) is 0 Å². The van der Waals surface area contributed by atoms with Crippen LogP contribution in [0.2, 0.25) is 0 Å². The number of benzene rings is 1. The van der Waals surface area contributed by atoms with Crippen molar-refractivity contribution in [3.8, 4) is 11.4 Å². The molecule has 1 aliphatic rings. The van der Waals surface area contributed by atoms with Crippen LogP contribution in [0.5, 0.6) is 0 Å². The van der Waals surface area contributed by atoms with Gasteiger partial charge in [-0.25, -0.2) is 4.98 Å². The summed E-state index contributed by atoms with van der Waals surface area (Å²) in [6.07, 6.45) is 5.65. The monoisotopic (exact) mass is 405 g/mol. The number of imidazole rings is 1. The first-order valence-electron chi connectivity index (χ1n) is 9.69. The lowest BCUT2D eigenvalue weighted by Crippen LogP contribution is -2.39. The van der Waals surface area contributed by atoms with Crippen molar-refractivity contribution in [2.24, 2.45) is 0 Å². The Morgan fingerprint density at radius 3 is 2.69 bits per heavy atom. The number of hydrogen-bond acceptors (Lipinski definition) is 5. The summed E-state index contributed by atoms with van der Waals surface area (Å²) in [7, 11) is 0. The van der Waals surface area contributed by atoms with E-state index in [9.17, 15) is 13.2 Å². The molecule has 29 heavy (non-hydrogen) atoms. The van der Waals surface area contributed by atoms with Gasteiger partial charge in [-0.15, -0.1) is 0 Å². The zero-order valence-electron chi connectivity index (χ0n) is 15.8.